The van der Waals surface area contributed by atoms with Crippen LogP contribution in [0.2, 0.25) is 0 Å². The second-order valence-electron chi connectivity index (χ2n) is 5.86. The number of pyridine rings is 1. The van der Waals surface area contributed by atoms with E-state index in [0.717, 1.165) is 5.56 Å². The Kier molecular flexibility index (Phi) is 5.89. The van der Waals surface area contributed by atoms with Crippen molar-refractivity contribution >= 4 is 17.5 Å². The summed E-state index contributed by atoms with van der Waals surface area (Å²) >= 11 is 0. The molecule has 2 amide bonds. The van der Waals surface area contributed by atoms with Gasteiger partial charge < -0.3 is 10.6 Å². The lowest BCUT2D eigenvalue weighted by Crippen LogP contribution is -2.27. The molecule has 6 heteroatoms. The van der Waals surface area contributed by atoms with E-state index >= 15 is 0 Å². The molecule has 0 aliphatic heterocycles. The Hall–Kier alpha value is -3.54. The maximum atomic E-state index is 12.9. The largest absolute Gasteiger partial charge is 0.350 e. The highest BCUT2D eigenvalue weighted by molar-refractivity contribution is 6.03. The van der Waals surface area contributed by atoms with Crippen molar-refractivity contribution < 1.29 is 14.0 Å². The third kappa shape index (κ3) is 5.22. The SMILES string of the molecule is O=C(NCCc1ccccc1)c1cccc(C(=O)Nc2ccc(F)cc2)n1. The number of halogens is 1. The second kappa shape index (κ2) is 8.71. The fourth-order valence-corrected chi connectivity index (χ4v) is 2.47. The first-order chi connectivity index (χ1) is 13.1. The topological polar surface area (TPSA) is 71.1 Å². The van der Waals surface area contributed by atoms with E-state index in [0.29, 0.717) is 18.7 Å². The summed E-state index contributed by atoms with van der Waals surface area (Å²) in [5, 5.41) is 5.41. The zero-order chi connectivity index (χ0) is 19.1. The van der Waals surface area contributed by atoms with Gasteiger partial charge in [-0.25, -0.2) is 9.37 Å². The predicted octanol–water partition coefficient (Wildman–Crippen LogP) is 3.45. The minimum atomic E-state index is -0.472. The van der Waals surface area contributed by atoms with Gasteiger partial charge >= 0.3 is 0 Å². The minimum absolute atomic E-state index is 0.107. The maximum absolute atomic E-state index is 12.9. The fourth-order valence-electron chi connectivity index (χ4n) is 2.47. The Morgan fingerprint density at radius 1 is 0.815 bits per heavy atom. The smallest absolute Gasteiger partial charge is 0.274 e. The van der Waals surface area contributed by atoms with Crippen molar-refractivity contribution in [3.05, 3.63) is 95.6 Å². The predicted molar refractivity (Wildman–Crippen MR) is 101 cm³/mol. The molecule has 0 saturated carbocycles. The zero-order valence-corrected chi connectivity index (χ0v) is 14.5. The molecular weight excluding hydrogens is 345 g/mol. The van der Waals surface area contributed by atoms with Gasteiger partial charge in [-0.15, -0.1) is 0 Å². The van der Waals surface area contributed by atoms with Crippen molar-refractivity contribution in [3.8, 4) is 0 Å². The number of carbonyl (C=O) groups is 2. The maximum Gasteiger partial charge on any atom is 0.274 e. The van der Waals surface area contributed by atoms with E-state index in [1.54, 1.807) is 12.1 Å². The molecule has 2 aromatic carbocycles. The summed E-state index contributed by atoms with van der Waals surface area (Å²) < 4.78 is 12.9. The number of nitrogens with one attached hydrogen (secondary N) is 2. The second-order valence-corrected chi connectivity index (χ2v) is 5.86. The molecule has 0 saturated heterocycles. The molecule has 0 aliphatic rings. The van der Waals surface area contributed by atoms with Crippen LogP contribution < -0.4 is 10.6 Å². The van der Waals surface area contributed by atoms with Gasteiger partial charge in [-0.3, -0.25) is 9.59 Å². The minimum Gasteiger partial charge on any atom is -0.350 e. The normalized spacial score (nSPS) is 10.3. The lowest BCUT2D eigenvalue weighted by molar-refractivity contribution is 0.0949. The molecule has 0 spiro atoms. The van der Waals surface area contributed by atoms with Crippen molar-refractivity contribution in [2.24, 2.45) is 0 Å². The number of aromatic nitrogens is 1. The van der Waals surface area contributed by atoms with Gasteiger partial charge in [0.05, 0.1) is 0 Å². The van der Waals surface area contributed by atoms with E-state index in [-0.39, 0.29) is 23.1 Å². The number of hydrogen-bond acceptors (Lipinski definition) is 3. The fraction of sp³-hybridized carbons (Fsp3) is 0.0952. The van der Waals surface area contributed by atoms with Gasteiger partial charge in [0.15, 0.2) is 0 Å². The molecule has 1 heterocycles. The molecule has 3 rings (SSSR count). The van der Waals surface area contributed by atoms with E-state index in [2.05, 4.69) is 15.6 Å². The number of anilines is 1. The molecule has 0 fully saturated rings. The molecule has 0 atom stereocenters. The average Bonchev–Trinajstić information content (AvgIpc) is 2.70. The van der Waals surface area contributed by atoms with Crippen molar-refractivity contribution in [2.45, 2.75) is 6.42 Å². The third-order valence-corrected chi connectivity index (χ3v) is 3.86. The monoisotopic (exact) mass is 363 g/mol. The summed E-state index contributed by atoms with van der Waals surface area (Å²) in [5.41, 5.74) is 1.84. The first kappa shape index (κ1) is 18.3. The van der Waals surface area contributed by atoms with Gasteiger partial charge in [0, 0.05) is 12.2 Å². The van der Waals surface area contributed by atoms with Crippen molar-refractivity contribution in [1.82, 2.24) is 10.3 Å². The summed E-state index contributed by atoms with van der Waals surface area (Å²) in [7, 11) is 0. The van der Waals surface area contributed by atoms with Crippen molar-refractivity contribution in [1.29, 1.82) is 0 Å². The Bertz CT molecular complexity index is 928. The molecule has 2 N–H and O–H groups in total. The van der Waals surface area contributed by atoms with E-state index in [4.69, 9.17) is 0 Å². The number of rotatable bonds is 6. The van der Waals surface area contributed by atoms with Crippen LogP contribution in [0.1, 0.15) is 26.5 Å². The highest BCUT2D eigenvalue weighted by Gasteiger charge is 2.12. The highest BCUT2D eigenvalue weighted by atomic mass is 19.1. The lowest BCUT2D eigenvalue weighted by atomic mass is 10.1. The molecule has 0 radical (unpaired) electrons. The summed E-state index contributed by atoms with van der Waals surface area (Å²) in [5.74, 6) is -1.21. The highest BCUT2D eigenvalue weighted by Crippen LogP contribution is 2.10. The molecule has 136 valence electrons. The first-order valence-corrected chi connectivity index (χ1v) is 8.48. The molecule has 5 nitrogen and oxygen atoms in total. The van der Waals surface area contributed by atoms with Crippen LogP contribution in [0.25, 0.3) is 0 Å². The van der Waals surface area contributed by atoms with Crippen molar-refractivity contribution in [2.75, 3.05) is 11.9 Å². The Morgan fingerprint density at radius 2 is 1.48 bits per heavy atom. The summed E-state index contributed by atoms with van der Waals surface area (Å²) in [6.07, 6.45) is 0.706. The molecule has 0 aliphatic carbocycles. The van der Waals surface area contributed by atoms with Crippen LogP contribution in [0.5, 0.6) is 0 Å². The zero-order valence-electron chi connectivity index (χ0n) is 14.5. The van der Waals surface area contributed by atoms with Crippen LogP contribution in [-0.4, -0.2) is 23.3 Å². The van der Waals surface area contributed by atoms with Gasteiger partial charge in [0.25, 0.3) is 11.8 Å². The number of amides is 2. The van der Waals surface area contributed by atoms with Gasteiger partial charge in [0.1, 0.15) is 17.2 Å². The van der Waals surface area contributed by atoms with Crippen molar-refractivity contribution in [3.63, 3.8) is 0 Å². The van der Waals surface area contributed by atoms with E-state index in [9.17, 15) is 14.0 Å². The third-order valence-electron chi connectivity index (χ3n) is 3.86. The Labute approximate surface area is 156 Å². The number of benzene rings is 2. The van der Waals surface area contributed by atoms with Crippen LogP contribution in [-0.2, 0) is 6.42 Å². The Balaban J connectivity index is 1.59. The molecule has 3 aromatic rings. The summed E-state index contributed by atoms with van der Waals surface area (Å²) in [6, 6.07) is 19.9. The van der Waals surface area contributed by atoms with Gasteiger partial charge in [-0.2, -0.15) is 0 Å². The van der Waals surface area contributed by atoms with Gasteiger partial charge in [-0.05, 0) is 48.4 Å². The van der Waals surface area contributed by atoms with E-state index in [1.165, 1.54) is 30.3 Å². The molecule has 0 unspecified atom stereocenters. The van der Waals surface area contributed by atoms with E-state index in [1.807, 2.05) is 30.3 Å². The first-order valence-electron chi connectivity index (χ1n) is 8.48. The number of hydrogen-bond donors (Lipinski definition) is 2. The standard InChI is InChI=1S/C21H18FN3O2/c22-16-9-11-17(12-10-16)24-21(27)19-8-4-7-18(25-19)20(26)23-14-13-15-5-2-1-3-6-15/h1-12H,13-14H2,(H,23,26)(H,24,27). The average molecular weight is 363 g/mol. The lowest BCUT2D eigenvalue weighted by Gasteiger charge is -2.07. The van der Waals surface area contributed by atoms with Gasteiger partial charge in [0.2, 0.25) is 0 Å². The van der Waals surface area contributed by atoms with Crippen LogP contribution in [0.15, 0.2) is 72.8 Å². The molecule has 1 aromatic heterocycles. The summed E-state index contributed by atoms with van der Waals surface area (Å²) in [6.45, 7) is 0.469. The van der Waals surface area contributed by atoms with Gasteiger partial charge in [-0.1, -0.05) is 36.4 Å². The Morgan fingerprint density at radius 3 is 2.19 bits per heavy atom. The van der Waals surface area contributed by atoms with Crippen LogP contribution in [0.4, 0.5) is 10.1 Å². The number of nitrogens with zero attached hydrogens (tertiary/aromatic N) is 1. The van der Waals surface area contributed by atoms with Crippen LogP contribution in [0, 0.1) is 5.82 Å². The molecule has 27 heavy (non-hydrogen) atoms. The quantitative estimate of drug-likeness (QED) is 0.705. The van der Waals surface area contributed by atoms with Crippen LogP contribution in [0.3, 0.4) is 0 Å². The molecular formula is C21H18FN3O2. The van der Waals surface area contributed by atoms with Crippen LogP contribution >= 0.6 is 0 Å². The summed E-state index contributed by atoms with van der Waals surface area (Å²) in [4.78, 5) is 28.6. The molecule has 0 bridgehead atoms. The van der Waals surface area contributed by atoms with E-state index < -0.39 is 5.91 Å². The number of carbonyl (C=O) groups excluding carboxylic acids is 2.